The Morgan fingerprint density at radius 2 is 1.45 bits per heavy atom. The highest BCUT2D eigenvalue weighted by Gasteiger charge is 2.20. The number of nitro benzene ring substituents is 2. The second-order valence-electron chi connectivity index (χ2n) is 6.89. The summed E-state index contributed by atoms with van der Waals surface area (Å²) in [7, 11) is 0. The highest BCUT2D eigenvalue weighted by Crippen LogP contribution is 2.23. The average Bonchev–Trinajstić information content (AvgIpc) is 2.79. The van der Waals surface area contributed by atoms with E-state index in [0.717, 1.165) is 49.1 Å². The first-order valence-corrected chi connectivity index (χ1v) is 10.0. The van der Waals surface area contributed by atoms with Crippen molar-refractivity contribution in [2.24, 2.45) is 0 Å². The highest BCUT2D eigenvalue weighted by atomic mass is 16.6. The van der Waals surface area contributed by atoms with E-state index in [1.54, 1.807) is 24.3 Å². The summed E-state index contributed by atoms with van der Waals surface area (Å²) in [6.45, 7) is 0.572. The summed E-state index contributed by atoms with van der Waals surface area (Å²) in [6.07, 6.45) is 5.45. The highest BCUT2D eigenvalue weighted by molar-refractivity contribution is 5.91. The van der Waals surface area contributed by atoms with Crippen LogP contribution in [0.15, 0.2) is 48.5 Å². The molecule has 0 bridgehead atoms. The molecule has 0 aliphatic heterocycles. The minimum absolute atomic E-state index is 0.0848. The number of hydrogen-bond acceptors (Lipinski definition) is 8. The number of esters is 1. The Balaban J connectivity index is 1.66. The first-order valence-electron chi connectivity index (χ1n) is 10.0. The van der Waals surface area contributed by atoms with Crippen molar-refractivity contribution in [2.75, 3.05) is 13.2 Å². The molecule has 0 saturated heterocycles. The Bertz CT molecular complexity index is 1000. The van der Waals surface area contributed by atoms with E-state index in [9.17, 15) is 29.8 Å². The molecule has 0 aliphatic rings. The zero-order valence-corrected chi connectivity index (χ0v) is 17.5. The van der Waals surface area contributed by atoms with Gasteiger partial charge in [-0.05, 0) is 49.5 Å². The normalized spacial score (nSPS) is 10.7. The molecule has 0 fully saturated rings. The summed E-state index contributed by atoms with van der Waals surface area (Å²) < 4.78 is 10.7. The Morgan fingerprint density at radius 3 is 2.00 bits per heavy atom. The number of ether oxygens (including phenoxy) is 2. The molecule has 0 amide bonds. The van der Waals surface area contributed by atoms with Crippen LogP contribution in [0.2, 0.25) is 0 Å². The van der Waals surface area contributed by atoms with Gasteiger partial charge in [-0.15, -0.1) is 0 Å². The van der Waals surface area contributed by atoms with Crippen LogP contribution in [0, 0.1) is 20.2 Å². The van der Waals surface area contributed by atoms with Crippen molar-refractivity contribution >= 4 is 29.4 Å². The van der Waals surface area contributed by atoms with Gasteiger partial charge in [0.05, 0.1) is 34.7 Å². The minimum Gasteiger partial charge on any atom is -0.494 e. The second-order valence-corrected chi connectivity index (χ2v) is 6.89. The van der Waals surface area contributed by atoms with Gasteiger partial charge in [0, 0.05) is 18.2 Å². The molecule has 0 unspecified atom stereocenters. The molecule has 11 heteroatoms. The molecule has 174 valence electrons. The summed E-state index contributed by atoms with van der Waals surface area (Å²) in [4.78, 5) is 42.7. The Kier molecular flexibility index (Phi) is 9.50. The van der Waals surface area contributed by atoms with Crippen LogP contribution < -0.4 is 4.74 Å². The summed E-state index contributed by atoms with van der Waals surface area (Å²) in [6, 6.07) is 9.67. The van der Waals surface area contributed by atoms with E-state index in [-0.39, 0.29) is 12.2 Å². The van der Waals surface area contributed by atoms with E-state index in [1.807, 2.05) is 0 Å². The van der Waals surface area contributed by atoms with Gasteiger partial charge in [-0.1, -0.05) is 12.1 Å². The zero-order valence-electron chi connectivity index (χ0n) is 17.5. The predicted octanol–water partition coefficient (Wildman–Crippen LogP) is 4.40. The van der Waals surface area contributed by atoms with E-state index in [4.69, 9.17) is 14.6 Å². The van der Waals surface area contributed by atoms with Crippen LogP contribution in [-0.4, -0.2) is 40.1 Å². The maximum absolute atomic E-state index is 12.1. The largest absolute Gasteiger partial charge is 0.494 e. The Morgan fingerprint density at radius 1 is 0.879 bits per heavy atom. The summed E-state index contributed by atoms with van der Waals surface area (Å²) in [5.74, 6) is -1.20. The maximum atomic E-state index is 12.1. The number of carbonyl (C=O) groups excluding carboxylic acids is 1. The molecular weight excluding hydrogens is 436 g/mol. The predicted molar refractivity (Wildman–Crippen MR) is 117 cm³/mol. The number of nitro groups is 2. The third-order valence-corrected chi connectivity index (χ3v) is 4.40. The molecule has 0 heterocycles. The molecule has 1 N–H and O–H groups in total. The number of carboxylic acids is 1. The molecule has 2 aromatic carbocycles. The Labute approximate surface area is 188 Å². The van der Waals surface area contributed by atoms with Crippen LogP contribution >= 0.6 is 0 Å². The standard InChI is InChI=1S/C22H22N2O9/c25-21(26)10-7-16-5-8-20(9-6-16)32-11-3-1-2-4-12-33-22(27)17-13-18(23(28)29)15-19(14-17)24(30)31/h5-10,13-15H,1-4,11-12H2,(H,25,26)/b10-7+. The molecule has 0 aliphatic carbocycles. The van der Waals surface area contributed by atoms with Gasteiger partial charge in [0.2, 0.25) is 0 Å². The molecule has 0 radical (unpaired) electrons. The fourth-order valence-electron chi connectivity index (χ4n) is 2.76. The quantitative estimate of drug-likeness (QED) is 0.151. The van der Waals surface area contributed by atoms with Crippen LogP contribution in [0.5, 0.6) is 5.75 Å². The Hall–Kier alpha value is -4.28. The summed E-state index contributed by atoms with van der Waals surface area (Å²) in [5.41, 5.74) is -0.599. The number of carboxylic acid groups (broad SMARTS) is 1. The number of rotatable bonds is 13. The van der Waals surface area contributed by atoms with Crippen molar-refractivity contribution in [2.45, 2.75) is 25.7 Å². The zero-order chi connectivity index (χ0) is 24.2. The van der Waals surface area contributed by atoms with Crippen molar-refractivity contribution in [1.29, 1.82) is 0 Å². The van der Waals surface area contributed by atoms with Crippen molar-refractivity contribution in [1.82, 2.24) is 0 Å². The van der Waals surface area contributed by atoms with Gasteiger partial charge in [0.1, 0.15) is 5.75 Å². The average molecular weight is 458 g/mol. The third kappa shape index (κ3) is 8.77. The van der Waals surface area contributed by atoms with Crippen LogP contribution in [-0.2, 0) is 9.53 Å². The molecular formula is C22H22N2O9. The summed E-state index contributed by atoms with van der Waals surface area (Å²) in [5, 5.41) is 30.4. The van der Waals surface area contributed by atoms with E-state index in [2.05, 4.69) is 0 Å². The number of aliphatic carboxylic acids is 1. The molecule has 0 saturated carbocycles. The lowest BCUT2D eigenvalue weighted by Crippen LogP contribution is -2.08. The van der Waals surface area contributed by atoms with Gasteiger partial charge < -0.3 is 14.6 Å². The first kappa shape index (κ1) is 25.0. The number of unbranched alkanes of at least 4 members (excludes halogenated alkanes) is 3. The smallest absolute Gasteiger partial charge is 0.338 e. The van der Waals surface area contributed by atoms with Gasteiger partial charge in [-0.3, -0.25) is 20.2 Å². The first-order chi connectivity index (χ1) is 15.8. The molecule has 0 atom stereocenters. The molecule has 2 aromatic rings. The lowest BCUT2D eigenvalue weighted by Gasteiger charge is -2.07. The van der Waals surface area contributed by atoms with Crippen LogP contribution in [0.1, 0.15) is 41.6 Å². The number of non-ortho nitro benzene ring substituents is 2. The molecule has 0 spiro atoms. The van der Waals surface area contributed by atoms with Crippen LogP contribution in [0.4, 0.5) is 11.4 Å². The van der Waals surface area contributed by atoms with Crippen LogP contribution in [0.25, 0.3) is 6.08 Å². The molecule has 2 rings (SSSR count). The van der Waals surface area contributed by atoms with Crippen LogP contribution in [0.3, 0.4) is 0 Å². The lowest BCUT2D eigenvalue weighted by atomic mass is 10.1. The SMILES string of the molecule is O=C(O)/C=C/c1ccc(OCCCCCCOC(=O)c2cc([N+](=O)[O-])cc([N+](=O)[O-])c2)cc1. The fourth-order valence-corrected chi connectivity index (χ4v) is 2.76. The third-order valence-electron chi connectivity index (χ3n) is 4.40. The maximum Gasteiger partial charge on any atom is 0.338 e. The van der Waals surface area contributed by atoms with Gasteiger partial charge in [0.25, 0.3) is 11.4 Å². The topological polar surface area (TPSA) is 159 Å². The van der Waals surface area contributed by atoms with Crippen molar-refractivity contribution in [3.8, 4) is 5.75 Å². The second kappa shape index (κ2) is 12.5. The summed E-state index contributed by atoms with van der Waals surface area (Å²) >= 11 is 0. The van der Waals surface area contributed by atoms with Crippen molar-refractivity contribution in [3.05, 3.63) is 79.9 Å². The van der Waals surface area contributed by atoms with E-state index < -0.39 is 33.2 Å². The number of hydrogen-bond donors (Lipinski definition) is 1. The number of benzene rings is 2. The fraction of sp³-hybridized carbons (Fsp3) is 0.273. The van der Waals surface area contributed by atoms with Gasteiger partial charge in [-0.25, -0.2) is 9.59 Å². The van der Waals surface area contributed by atoms with Crippen molar-refractivity contribution < 1.29 is 34.0 Å². The molecule has 33 heavy (non-hydrogen) atoms. The molecule has 0 aromatic heterocycles. The number of carbonyl (C=O) groups is 2. The van der Waals surface area contributed by atoms with E-state index >= 15 is 0 Å². The molecule has 11 nitrogen and oxygen atoms in total. The van der Waals surface area contributed by atoms with E-state index in [0.29, 0.717) is 18.8 Å². The van der Waals surface area contributed by atoms with E-state index in [1.165, 1.54) is 6.08 Å². The van der Waals surface area contributed by atoms with Crippen molar-refractivity contribution in [3.63, 3.8) is 0 Å². The van der Waals surface area contributed by atoms with Gasteiger partial charge in [-0.2, -0.15) is 0 Å². The number of nitrogens with zero attached hydrogens (tertiary/aromatic N) is 2. The monoisotopic (exact) mass is 458 g/mol. The van der Waals surface area contributed by atoms with Gasteiger partial charge >= 0.3 is 11.9 Å². The minimum atomic E-state index is -1.02. The lowest BCUT2D eigenvalue weighted by molar-refractivity contribution is -0.394. The van der Waals surface area contributed by atoms with Gasteiger partial charge in [0.15, 0.2) is 0 Å².